The summed E-state index contributed by atoms with van der Waals surface area (Å²) in [4.78, 5) is 11.1. The molecule has 3 heterocycles. The van der Waals surface area contributed by atoms with Gasteiger partial charge in [-0.15, -0.1) is 11.3 Å². The van der Waals surface area contributed by atoms with E-state index in [0.717, 1.165) is 22.0 Å². The number of nitrogens with zero attached hydrogens (tertiary/aromatic N) is 3. The molecular weight excluding hydrogens is 286 g/mol. The predicted molar refractivity (Wildman–Crippen MR) is 80.9 cm³/mol. The molecule has 0 aliphatic heterocycles. The van der Waals surface area contributed by atoms with Crippen molar-refractivity contribution in [1.29, 1.82) is 0 Å². The molecule has 0 aliphatic carbocycles. The quantitative estimate of drug-likeness (QED) is 0.715. The summed E-state index contributed by atoms with van der Waals surface area (Å²) in [5.74, 6) is 1.44. The van der Waals surface area contributed by atoms with Crippen LogP contribution in [0.4, 0.5) is 0 Å². The van der Waals surface area contributed by atoms with Crippen molar-refractivity contribution in [3.8, 4) is 11.5 Å². The Hall–Kier alpha value is -1.92. The number of hydrogen-bond donors (Lipinski definition) is 0. The van der Waals surface area contributed by atoms with Gasteiger partial charge in [0.15, 0.2) is 0 Å². The van der Waals surface area contributed by atoms with E-state index < -0.39 is 0 Å². The van der Waals surface area contributed by atoms with Gasteiger partial charge in [0.2, 0.25) is 5.89 Å². The number of furan rings is 1. The number of aromatic nitrogens is 2. The van der Waals surface area contributed by atoms with Crippen LogP contribution in [0.1, 0.15) is 29.4 Å². The largest absolute Gasteiger partial charge is 0.472 e. The minimum atomic E-state index is 0.249. The van der Waals surface area contributed by atoms with Crippen LogP contribution < -0.4 is 0 Å². The fourth-order valence-corrected chi connectivity index (χ4v) is 2.85. The molecule has 3 rings (SSSR count). The van der Waals surface area contributed by atoms with E-state index in [2.05, 4.69) is 28.8 Å². The molecule has 0 bridgehead atoms. The van der Waals surface area contributed by atoms with Crippen LogP contribution in [0.3, 0.4) is 0 Å². The van der Waals surface area contributed by atoms with Crippen LogP contribution in [0.2, 0.25) is 0 Å². The van der Waals surface area contributed by atoms with Crippen molar-refractivity contribution in [1.82, 2.24) is 14.9 Å². The fraction of sp³-hybridized carbons (Fsp3) is 0.333. The summed E-state index contributed by atoms with van der Waals surface area (Å²) in [7, 11) is 2.07. The van der Waals surface area contributed by atoms with E-state index in [-0.39, 0.29) is 6.04 Å². The van der Waals surface area contributed by atoms with Gasteiger partial charge >= 0.3 is 0 Å². The summed E-state index contributed by atoms with van der Waals surface area (Å²) >= 11 is 1.67. The van der Waals surface area contributed by atoms with Gasteiger partial charge in [-0.1, -0.05) is 0 Å². The molecule has 6 heteroatoms. The second kappa shape index (κ2) is 5.83. The second-order valence-corrected chi connectivity index (χ2v) is 5.92. The lowest BCUT2D eigenvalue weighted by Gasteiger charge is -2.21. The van der Waals surface area contributed by atoms with Crippen LogP contribution in [-0.2, 0) is 6.54 Å². The van der Waals surface area contributed by atoms with E-state index in [1.165, 1.54) is 0 Å². The molecule has 0 amide bonds. The molecule has 0 fully saturated rings. The molecule has 3 aromatic rings. The highest BCUT2D eigenvalue weighted by Crippen LogP contribution is 2.26. The lowest BCUT2D eigenvalue weighted by Crippen LogP contribution is -2.22. The molecule has 0 saturated carbocycles. The zero-order valence-electron chi connectivity index (χ0n) is 12.2. The molecule has 0 radical (unpaired) electrons. The zero-order valence-corrected chi connectivity index (χ0v) is 13.1. The Balaban J connectivity index is 1.76. The standard InChI is InChI=1S/C15H17N3O2S/c1-10(15-16-5-7-21-15)18(3)8-13-11(2)20-14(17-13)12-4-6-19-9-12/h4-7,9-10H,8H2,1-3H3. The van der Waals surface area contributed by atoms with E-state index in [1.807, 2.05) is 24.6 Å². The Morgan fingerprint density at radius 1 is 1.43 bits per heavy atom. The predicted octanol–water partition coefficient (Wildman–Crippen LogP) is 3.89. The highest BCUT2D eigenvalue weighted by molar-refractivity contribution is 7.09. The number of aryl methyl sites for hydroxylation is 1. The van der Waals surface area contributed by atoms with E-state index in [4.69, 9.17) is 8.83 Å². The van der Waals surface area contributed by atoms with Crippen molar-refractivity contribution in [2.24, 2.45) is 0 Å². The summed E-state index contributed by atoms with van der Waals surface area (Å²) in [5, 5.41) is 3.10. The maximum absolute atomic E-state index is 5.72. The number of thiazole rings is 1. The van der Waals surface area contributed by atoms with Crippen molar-refractivity contribution in [2.45, 2.75) is 26.4 Å². The van der Waals surface area contributed by atoms with E-state index in [9.17, 15) is 0 Å². The van der Waals surface area contributed by atoms with Gasteiger partial charge in [-0.25, -0.2) is 9.97 Å². The molecule has 3 aromatic heterocycles. The molecule has 1 unspecified atom stereocenters. The lowest BCUT2D eigenvalue weighted by atomic mass is 10.2. The topological polar surface area (TPSA) is 55.3 Å². The molecule has 0 aromatic carbocycles. The Morgan fingerprint density at radius 2 is 2.29 bits per heavy atom. The molecule has 0 N–H and O–H groups in total. The van der Waals surface area contributed by atoms with Crippen molar-refractivity contribution >= 4 is 11.3 Å². The SMILES string of the molecule is Cc1oc(-c2ccoc2)nc1CN(C)C(C)c1nccs1. The van der Waals surface area contributed by atoms with Crippen LogP contribution in [0.25, 0.3) is 11.5 Å². The molecule has 0 saturated heterocycles. The summed E-state index contributed by atoms with van der Waals surface area (Å²) in [6, 6.07) is 2.09. The first-order valence-corrected chi connectivity index (χ1v) is 7.61. The molecule has 1 atom stereocenters. The molecule has 21 heavy (non-hydrogen) atoms. The van der Waals surface area contributed by atoms with Gasteiger partial charge < -0.3 is 8.83 Å². The molecular formula is C15H17N3O2S. The minimum Gasteiger partial charge on any atom is -0.472 e. The maximum Gasteiger partial charge on any atom is 0.229 e. The average molecular weight is 303 g/mol. The van der Waals surface area contributed by atoms with Gasteiger partial charge in [0.1, 0.15) is 17.0 Å². The Bertz CT molecular complexity index is 689. The maximum atomic E-state index is 5.72. The normalized spacial score (nSPS) is 13.0. The van der Waals surface area contributed by atoms with Gasteiger partial charge in [0.05, 0.1) is 23.6 Å². The summed E-state index contributed by atoms with van der Waals surface area (Å²) in [6.07, 6.45) is 5.09. The summed E-state index contributed by atoms with van der Waals surface area (Å²) in [6.45, 7) is 4.80. The average Bonchev–Trinajstić information content (AvgIpc) is 3.20. The van der Waals surface area contributed by atoms with Gasteiger partial charge in [-0.05, 0) is 27.0 Å². The summed E-state index contributed by atoms with van der Waals surface area (Å²) < 4.78 is 10.8. The Morgan fingerprint density at radius 3 is 2.95 bits per heavy atom. The van der Waals surface area contributed by atoms with Crippen LogP contribution in [-0.4, -0.2) is 21.9 Å². The number of hydrogen-bond acceptors (Lipinski definition) is 6. The van der Waals surface area contributed by atoms with Crippen molar-refractivity contribution < 1.29 is 8.83 Å². The smallest absolute Gasteiger partial charge is 0.229 e. The second-order valence-electron chi connectivity index (χ2n) is 5.00. The van der Waals surface area contributed by atoms with Crippen LogP contribution in [0.5, 0.6) is 0 Å². The van der Waals surface area contributed by atoms with Crippen LogP contribution >= 0.6 is 11.3 Å². The Labute approximate surface area is 127 Å². The third-order valence-electron chi connectivity index (χ3n) is 3.53. The summed E-state index contributed by atoms with van der Waals surface area (Å²) in [5.41, 5.74) is 1.80. The molecule has 110 valence electrons. The van der Waals surface area contributed by atoms with Gasteiger partial charge in [0.25, 0.3) is 0 Å². The van der Waals surface area contributed by atoms with E-state index >= 15 is 0 Å². The fourth-order valence-electron chi connectivity index (χ4n) is 2.09. The zero-order chi connectivity index (χ0) is 14.8. The van der Waals surface area contributed by atoms with Crippen molar-refractivity contribution in [3.63, 3.8) is 0 Å². The van der Waals surface area contributed by atoms with Gasteiger partial charge in [0, 0.05) is 18.1 Å². The third-order valence-corrected chi connectivity index (χ3v) is 4.48. The monoisotopic (exact) mass is 303 g/mol. The number of oxazole rings is 1. The Kier molecular flexibility index (Phi) is 3.90. The van der Waals surface area contributed by atoms with E-state index in [1.54, 1.807) is 23.9 Å². The third kappa shape index (κ3) is 2.91. The first-order valence-electron chi connectivity index (χ1n) is 6.73. The lowest BCUT2D eigenvalue weighted by molar-refractivity contribution is 0.248. The van der Waals surface area contributed by atoms with Crippen molar-refractivity contribution in [2.75, 3.05) is 7.05 Å². The first kappa shape index (κ1) is 14.0. The molecule has 0 aliphatic rings. The highest BCUT2D eigenvalue weighted by atomic mass is 32.1. The van der Waals surface area contributed by atoms with Gasteiger partial charge in [-0.3, -0.25) is 4.90 Å². The molecule has 0 spiro atoms. The minimum absolute atomic E-state index is 0.249. The van der Waals surface area contributed by atoms with Crippen molar-refractivity contribution in [3.05, 3.63) is 46.6 Å². The van der Waals surface area contributed by atoms with Crippen LogP contribution in [0, 0.1) is 6.92 Å². The number of rotatable bonds is 5. The van der Waals surface area contributed by atoms with Crippen LogP contribution in [0.15, 0.2) is 39.0 Å². The van der Waals surface area contributed by atoms with E-state index in [0.29, 0.717) is 12.4 Å². The molecule has 5 nitrogen and oxygen atoms in total. The highest BCUT2D eigenvalue weighted by Gasteiger charge is 2.18. The first-order chi connectivity index (χ1) is 10.1. The van der Waals surface area contributed by atoms with Gasteiger partial charge in [-0.2, -0.15) is 0 Å².